The van der Waals surface area contributed by atoms with E-state index < -0.39 is 9.84 Å². The Bertz CT molecular complexity index is 589. The lowest BCUT2D eigenvalue weighted by atomic mass is 10.0. The van der Waals surface area contributed by atoms with Gasteiger partial charge in [-0.2, -0.15) is 0 Å². The highest BCUT2D eigenvalue weighted by Crippen LogP contribution is 2.30. The van der Waals surface area contributed by atoms with Gasteiger partial charge in [-0.25, -0.2) is 8.42 Å². The summed E-state index contributed by atoms with van der Waals surface area (Å²) in [4.78, 5) is 2.21. The summed E-state index contributed by atoms with van der Waals surface area (Å²) >= 11 is 3.53. The number of sulfone groups is 1. The summed E-state index contributed by atoms with van der Waals surface area (Å²) in [5.41, 5.74) is 2.36. The maximum atomic E-state index is 11.8. The molecule has 0 radical (unpaired) electrons. The van der Waals surface area contributed by atoms with Crippen LogP contribution < -0.4 is 10.2 Å². The van der Waals surface area contributed by atoms with Crippen molar-refractivity contribution in [3.63, 3.8) is 0 Å². The Balaban J connectivity index is 2.31. The van der Waals surface area contributed by atoms with Crippen molar-refractivity contribution in [3.05, 3.63) is 28.2 Å². The van der Waals surface area contributed by atoms with Crippen LogP contribution >= 0.6 is 15.9 Å². The van der Waals surface area contributed by atoms with E-state index in [9.17, 15) is 8.42 Å². The zero-order valence-electron chi connectivity index (χ0n) is 12.6. The number of nitrogens with one attached hydrogen (secondary N) is 1. The van der Waals surface area contributed by atoms with Crippen molar-refractivity contribution >= 4 is 31.5 Å². The second-order valence-corrected chi connectivity index (χ2v) is 8.69. The third kappa shape index (κ3) is 4.44. The fourth-order valence-corrected chi connectivity index (χ4v) is 4.37. The molecular weight excluding hydrogens is 352 g/mol. The highest BCUT2D eigenvalue weighted by atomic mass is 79.9. The molecule has 2 rings (SSSR count). The minimum absolute atomic E-state index is 0.245. The largest absolute Gasteiger partial charge is 0.370 e. The standard InChI is InChI=1S/C15H23BrN2O2S/c1-3-17-12(2)14-6-5-13(16)11-15(14)18-7-4-9-21(19,20)10-8-18/h5-6,11-12,17H,3-4,7-10H2,1-2H3. The average Bonchev–Trinajstić information content (AvgIpc) is 2.60. The Morgan fingerprint density at radius 2 is 2.10 bits per heavy atom. The summed E-state index contributed by atoms with van der Waals surface area (Å²) in [7, 11) is -2.88. The Hall–Kier alpha value is -0.590. The summed E-state index contributed by atoms with van der Waals surface area (Å²) < 4.78 is 24.6. The lowest BCUT2D eigenvalue weighted by Gasteiger charge is -2.28. The van der Waals surface area contributed by atoms with Crippen LogP contribution in [0.2, 0.25) is 0 Å². The maximum Gasteiger partial charge on any atom is 0.152 e. The molecule has 0 aliphatic carbocycles. The predicted octanol–water partition coefficient (Wildman–Crippen LogP) is 2.74. The summed E-state index contributed by atoms with van der Waals surface area (Å²) in [5, 5.41) is 3.43. The van der Waals surface area contributed by atoms with Crippen LogP contribution in [-0.2, 0) is 9.84 Å². The third-order valence-electron chi connectivity index (χ3n) is 3.87. The molecule has 1 N–H and O–H groups in total. The van der Waals surface area contributed by atoms with Crippen LogP contribution in [0, 0.1) is 0 Å². The third-order valence-corrected chi connectivity index (χ3v) is 6.07. The number of anilines is 1. The summed E-state index contributed by atoms with van der Waals surface area (Å²) in [6.07, 6.45) is 0.698. The number of halogens is 1. The van der Waals surface area contributed by atoms with Gasteiger partial charge in [-0.1, -0.05) is 28.9 Å². The van der Waals surface area contributed by atoms with Gasteiger partial charge in [-0.3, -0.25) is 0 Å². The predicted molar refractivity (Wildman–Crippen MR) is 91.7 cm³/mol. The Kier molecular flexibility index (Phi) is 5.68. The molecule has 1 aliphatic heterocycles. The molecule has 1 aromatic carbocycles. The number of benzene rings is 1. The number of hydrogen-bond acceptors (Lipinski definition) is 4. The molecule has 0 saturated carbocycles. The highest BCUT2D eigenvalue weighted by Gasteiger charge is 2.22. The first-order chi connectivity index (χ1) is 9.93. The normalized spacial score (nSPS) is 20.0. The van der Waals surface area contributed by atoms with Gasteiger partial charge < -0.3 is 10.2 Å². The lowest BCUT2D eigenvalue weighted by molar-refractivity contribution is 0.595. The van der Waals surface area contributed by atoms with Gasteiger partial charge >= 0.3 is 0 Å². The van der Waals surface area contributed by atoms with E-state index in [0.717, 1.165) is 23.2 Å². The van der Waals surface area contributed by atoms with Crippen molar-refractivity contribution < 1.29 is 8.42 Å². The summed E-state index contributed by atoms with van der Waals surface area (Å²) in [5.74, 6) is 0.546. The van der Waals surface area contributed by atoms with Crippen LogP contribution in [0.3, 0.4) is 0 Å². The van der Waals surface area contributed by atoms with E-state index in [1.807, 2.05) is 6.07 Å². The average molecular weight is 375 g/mol. The van der Waals surface area contributed by atoms with Gasteiger partial charge in [0.25, 0.3) is 0 Å². The van der Waals surface area contributed by atoms with Gasteiger partial charge in [0.2, 0.25) is 0 Å². The smallest absolute Gasteiger partial charge is 0.152 e. The van der Waals surface area contributed by atoms with Gasteiger partial charge in [-0.05, 0) is 37.6 Å². The minimum Gasteiger partial charge on any atom is -0.370 e. The fourth-order valence-electron chi connectivity index (χ4n) is 2.75. The number of nitrogens with zero attached hydrogens (tertiary/aromatic N) is 1. The molecule has 1 saturated heterocycles. The van der Waals surface area contributed by atoms with Gasteiger partial charge in [-0.15, -0.1) is 0 Å². The Morgan fingerprint density at radius 1 is 1.33 bits per heavy atom. The van der Waals surface area contributed by atoms with Crippen LogP contribution in [0.4, 0.5) is 5.69 Å². The highest BCUT2D eigenvalue weighted by molar-refractivity contribution is 9.10. The van der Waals surface area contributed by atoms with Crippen LogP contribution in [0.15, 0.2) is 22.7 Å². The molecule has 118 valence electrons. The van der Waals surface area contributed by atoms with E-state index in [2.05, 4.69) is 52.1 Å². The van der Waals surface area contributed by atoms with E-state index in [0.29, 0.717) is 18.7 Å². The molecule has 21 heavy (non-hydrogen) atoms. The Morgan fingerprint density at radius 3 is 2.81 bits per heavy atom. The molecule has 0 amide bonds. The zero-order chi connectivity index (χ0) is 15.5. The molecular formula is C15H23BrN2O2S. The van der Waals surface area contributed by atoms with Gasteiger partial charge in [0.05, 0.1) is 11.5 Å². The molecule has 1 aliphatic rings. The first-order valence-electron chi connectivity index (χ1n) is 7.41. The van der Waals surface area contributed by atoms with Crippen molar-refractivity contribution in [2.75, 3.05) is 36.0 Å². The second-order valence-electron chi connectivity index (χ2n) is 5.47. The minimum atomic E-state index is -2.88. The van der Waals surface area contributed by atoms with Crippen LogP contribution in [-0.4, -0.2) is 39.6 Å². The van der Waals surface area contributed by atoms with E-state index in [1.165, 1.54) is 5.56 Å². The quantitative estimate of drug-likeness (QED) is 0.879. The molecule has 0 aromatic heterocycles. The zero-order valence-corrected chi connectivity index (χ0v) is 15.0. The molecule has 4 nitrogen and oxygen atoms in total. The molecule has 1 unspecified atom stereocenters. The molecule has 1 atom stereocenters. The van der Waals surface area contributed by atoms with E-state index in [-0.39, 0.29) is 11.8 Å². The lowest BCUT2D eigenvalue weighted by Crippen LogP contribution is -2.29. The molecule has 1 fully saturated rings. The van der Waals surface area contributed by atoms with Crippen molar-refractivity contribution in [2.24, 2.45) is 0 Å². The first kappa shape index (κ1) is 16.8. The first-order valence-corrected chi connectivity index (χ1v) is 10.0. The van der Waals surface area contributed by atoms with Crippen LogP contribution in [0.25, 0.3) is 0 Å². The summed E-state index contributed by atoms with van der Waals surface area (Å²) in [6, 6.07) is 6.51. The van der Waals surface area contributed by atoms with Crippen LogP contribution in [0.5, 0.6) is 0 Å². The van der Waals surface area contributed by atoms with Gasteiger partial charge in [0.15, 0.2) is 9.84 Å². The van der Waals surface area contributed by atoms with Crippen molar-refractivity contribution in [3.8, 4) is 0 Å². The van der Waals surface area contributed by atoms with Crippen molar-refractivity contribution in [2.45, 2.75) is 26.3 Å². The van der Waals surface area contributed by atoms with Crippen molar-refractivity contribution in [1.29, 1.82) is 0 Å². The second kappa shape index (κ2) is 7.11. The summed E-state index contributed by atoms with van der Waals surface area (Å²) in [6.45, 7) is 6.51. The maximum absolute atomic E-state index is 11.8. The van der Waals surface area contributed by atoms with E-state index in [1.54, 1.807) is 0 Å². The van der Waals surface area contributed by atoms with Gasteiger partial charge in [0.1, 0.15) is 0 Å². The molecule has 1 heterocycles. The van der Waals surface area contributed by atoms with Crippen molar-refractivity contribution in [1.82, 2.24) is 5.32 Å². The Labute approximate surface area is 136 Å². The molecule has 0 bridgehead atoms. The van der Waals surface area contributed by atoms with E-state index in [4.69, 9.17) is 0 Å². The molecule has 1 aromatic rings. The van der Waals surface area contributed by atoms with Crippen LogP contribution in [0.1, 0.15) is 31.9 Å². The van der Waals surface area contributed by atoms with E-state index >= 15 is 0 Å². The number of rotatable bonds is 4. The number of hydrogen-bond donors (Lipinski definition) is 1. The monoisotopic (exact) mass is 374 g/mol. The SMILES string of the molecule is CCNC(C)c1ccc(Br)cc1N1CCCS(=O)(=O)CC1. The van der Waals surface area contributed by atoms with Gasteiger partial charge in [0, 0.05) is 29.3 Å². The molecule has 0 spiro atoms. The topological polar surface area (TPSA) is 49.4 Å². The fraction of sp³-hybridized carbons (Fsp3) is 0.600. The molecule has 6 heteroatoms.